The van der Waals surface area contributed by atoms with Gasteiger partial charge in [-0.25, -0.2) is 4.98 Å². The molecule has 0 bridgehead atoms. The molecule has 1 aromatic carbocycles. The lowest BCUT2D eigenvalue weighted by Crippen LogP contribution is -2.06. The van der Waals surface area contributed by atoms with Gasteiger partial charge < -0.3 is 9.84 Å². The average molecular weight is 271 g/mol. The molecule has 5 nitrogen and oxygen atoms in total. The van der Waals surface area contributed by atoms with E-state index in [0.29, 0.717) is 11.4 Å². The maximum atomic E-state index is 11.7. The van der Waals surface area contributed by atoms with E-state index in [1.807, 2.05) is 12.1 Å². The third-order valence-electron chi connectivity index (χ3n) is 2.78. The second-order valence-corrected chi connectivity index (χ2v) is 4.16. The van der Waals surface area contributed by atoms with Crippen LogP contribution in [0.5, 0.6) is 5.88 Å². The molecule has 2 aromatic rings. The Bertz CT molecular complexity index is 635. The van der Waals surface area contributed by atoms with Crippen LogP contribution in [0, 0.1) is 0 Å². The minimum Gasteiger partial charge on any atom is -0.481 e. The van der Waals surface area contributed by atoms with E-state index in [2.05, 4.69) is 4.98 Å². The Labute approximate surface area is 115 Å². The highest BCUT2D eigenvalue weighted by molar-refractivity contribution is 6.06. The van der Waals surface area contributed by atoms with Crippen molar-refractivity contribution < 1.29 is 19.4 Å². The van der Waals surface area contributed by atoms with Gasteiger partial charge in [-0.1, -0.05) is 18.2 Å². The van der Waals surface area contributed by atoms with Crippen LogP contribution in [-0.4, -0.2) is 29.0 Å². The Morgan fingerprint density at radius 2 is 2.00 bits per heavy atom. The van der Waals surface area contributed by atoms with Gasteiger partial charge >= 0.3 is 5.97 Å². The van der Waals surface area contributed by atoms with Gasteiger partial charge in [-0.05, 0) is 17.7 Å². The number of aliphatic carboxylic acids is 1. The number of rotatable bonds is 5. The molecule has 0 aliphatic heterocycles. The minimum absolute atomic E-state index is 0.376. The van der Waals surface area contributed by atoms with Crippen molar-refractivity contribution >= 4 is 11.8 Å². The van der Waals surface area contributed by atoms with Gasteiger partial charge in [0.05, 0.1) is 7.11 Å². The van der Waals surface area contributed by atoms with Crippen LogP contribution in [0.4, 0.5) is 0 Å². The van der Waals surface area contributed by atoms with Gasteiger partial charge in [0.2, 0.25) is 5.88 Å². The summed E-state index contributed by atoms with van der Waals surface area (Å²) in [5, 5.41) is 8.64. The number of pyridine rings is 1. The molecular formula is C15H13NO4. The molecule has 1 aromatic heterocycles. The second-order valence-electron chi connectivity index (χ2n) is 4.16. The molecule has 0 saturated carbocycles. The number of methoxy groups -OCH3 is 1. The highest BCUT2D eigenvalue weighted by atomic mass is 16.5. The lowest BCUT2D eigenvalue weighted by atomic mass is 10.0. The van der Waals surface area contributed by atoms with Crippen LogP contribution in [0.15, 0.2) is 42.6 Å². The molecule has 0 radical (unpaired) electrons. The van der Waals surface area contributed by atoms with Crippen molar-refractivity contribution in [2.75, 3.05) is 7.11 Å². The molecule has 0 fully saturated rings. The minimum atomic E-state index is -1.13. The summed E-state index contributed by atoms with van der Waals surface area (Å²) >= 11 is 0. The molecule has 5 heteroatoms. The lowest BCUT2D eigenvalue weighted by molar-refractivity contribution is -0.135. The maximum Gasteiger partial charge on any atom is 0.311 e. The molecule has 0 spiro atoms. The van der Waals surface area contributed by atoms with Gasteiger partial charge in [0, 0.05) is 23.4 Å². The molecular weight excluding hydrogens is 258 g/mol. The largest absolute Gasteiger partial charge is 0.481 e. The number of hydrogen-bond acceptors (Lipinski definition) is 4. The summed E-state index contributed by atoms with van der Waals surface area (Å²) < 4.78 is 4.98. The third-order valence-corrected chi connectivity index (χ3v) is 2.78. The number of aromatic nitrogens is 1. The molecule has 20 heavy (non-hydrogen) atoms. The molecule has 0 saturated heterocycles. The van der Waals surface area contributed by atoms with E-state index in [1.54, 1.807) is 30.5 Å². The maximum absolute atomic E-state index is 11.7. The zero-order valence-corrected chi connectivity index (χ0v) is 10.9. The van der Waals surface area contributed by atoms with Gasteiger partial charge in [0.15, 0.2) is 5.78 Å². The first-order chi connectivity index (χ1) is 9.60. The van der Waals surface area contributed by atoms with Gasteiger partial charge in [-0.15, -0.1) is 0 Å². The number of benzene rings is 1. The first kappa shape index (κ1) is 13.7. The zero-order valence-electron chi connectivity index (χ0n) is 10.9. The van der Waals surface area contributed by atoms with Gasteiger partial charge in [0.25, 0.3) is 0 Å². The summed E-state index contributed by atoms with van der Waals surface area (Å²) in [5.74, 6) is -1.04. The Hall–Kier alpha value is -2.69. The number of carbonyl (C=O) groups excluding carboxylic acids is 1. The van der Waals surface area contributed by atoms with Crippen LogP contribution >= 0.6 is 0 Å². The quantitative estimate of drug-likeness (QED) is 0.667. The fraction of sp³-hybridized carbons (Fsp3) is 0.133. The van der Waals surface area contributed by atoms with E-state index in [9.17, 15) is 9.59 Å². The van der Waals surface area contributed by atoms with Gasteiger partial charge in [0.1, 0.15) is 6.42 Å². The van der Waals surface area contributed by atoms with Crippen LogP contribution in [0.25, 0.3) is 11.1 Å². The number of nitrogens with zero attached hydrogens (tertiary/aromatic N) is 1. The predicted molar refractivity (Wildman–Crippen MR) is 72.8 cm³/mol. The second kappa shape index (κ2) is 5.97. The number of ketones is 1. The summed E-state index contributed by atoms with van der Waals surface area (Å²) in [5.41, 5.74) is 2.01. The summed E-state index contributed by atoms with van der Waals surface area (Å²) in [4.78, 5) is 26.4. The Kier molecular flexibility index (Phi) is 4.10. The Morgan fingerprint density at radius 3 is 2.60 bits per heavy atom. The first-order valence-corrected chi connectivity index (χ1v) is 5.95. The van der Waals surface area contributed by atoms with E-state index in [4.69, 9.17) is 9.84 Å². The van der Waals surface area contributed by atoms with Crippen molar-refractivity contribution in [3.8, 4) is 17.0 Å². The lowest BCUT2D eigenvalue weighted by Gasteiger charge is -2.05. The number of hydrogen-bond donors (Lipinski definition) is 1. The fourth-order valence-electron chi connectivity index (χ4n) is 1.78. The molecule has 0 aliphatic carbocycles. The number of Topliss-reactive ketones (excluding diaryl/α,β-unsaturated/α-hetero) is 1. The summed E-state index contributed by atoms with van der Waals surface area (Å²) in [7, 11) is 1.53. The van der Waals surface area contributed by atoms with Crippen LogP contribution in [-0.2, 0) is 4.79 Å². The summed E-state index contributed by atoms with van der Waals surface area (Å²) in [6.45, 7) is 0. The Balaban J connectivity index is 2.28. The monoisotopic (exact) mass is 271 g/mol. The van der Waals surface area contributed by atoms with Crippen molar-refractivity contribution in [1.29, 1.82) is 0 Å². The topological polar surface area (TPSA) is 76.5 Å². The van der Waals surface area contributed by atoms with Crippen LogP contribution in [0.1, 0.15) is 16.8 Å². The highest BCUT2D eigenvalue weighted by Gasteiger charge is 2.11. The Morgan fingerprint density at radius 1 is 1.20 bits per heavy atom. The SMILES string of the molecule is COc1ccc(-c2cccc(C(=O)CC(=O)O)c2)cn1. The average Bonchev–Trinajstić information content (AvgIpc) is 2.47. The first-order valence-electron chi connectivity index (χ1n) is 5.95. The molecule has 0 atom stereocenters. The van der Waals surface area contributed by atoms with E-state index in [0.717, 1.165) is 11.1 Å². The fourth-order valence-corrected chi connectivity index (χ4v) is 1.78. The molecule has 0 aliphatic rings. The van der Waals surface area contributed by atoms with Gasteiger partial charge in [-0.2, -0.15) is 0 Å². The number of ether oxygens (including phenoxy) is 1. The number of carbonyl (C=O) groups is 2. The van der Waals surface area contributed by atoms with E-state index in [1.165, 1.54) is 7.11 Å². The third kappa shape index (κ3) is 3.20. The van der Waals surface area contributed by atoms with E-state index >= 15 is 0 Å². The van der Waals surface area contributed by atoms with Crippen molar-refractivity contribution in [2.45, 2.75) is 6.42 Å². The van der Waals surface area contributed by atoms with Crippen LogP contribution in [0.2, 0.25) is 0 Å². The van der Waals surface area contributed by atoms with E-state index < -0.39 is 18.2 Å². The molecule has 1 N–H and O–H groups in total. The standard InChI is InChI=1S/C15H13NO4/c1-20-14-6-5-12(9-16-14)10-3-2-4-11(7-10)13(17)8-15(18)19/h2-7,9H,8H2,1H3,(H,18,19). The number of carboxylic acid groups (broad SMARTS) is 1. The molecule has 0 amide bonds. The molecule has 2 rings (SSSR count). The predicted octanol–water partition coefficient (Wildman–Crippen LogP) is 2.41. The van der Waals surface area contributed by atoms with Crippen molar-refractivity contribution in [3.63, 3.8) is 0 Å². The summed E-state index contributed by atoms with van der Waals surface area (Å²) in [6, 6.07) is 10.4. The van der Waals surface area contributed by atoms with Crippen molar-refractivity contribution in [2.24, 2.45) is 0 Å². The van der Waals surface area contributed by atoms with Crippen LogP contribution < -0.4 is 4.74 Å². The number of carboxylic acids is 1. The molecule has 1 heterocycles. The zero-order chi connectivity index (χ0) is 14.5. The highest BCUT2D eigenvalue weighted by Crippen LogP contribution is 2.21. The van der Waals surface area contributed by atoms with Crippen molar-refractivity contribution in [1.82, 2.24) is 4.98 Å². The summed E-state index contributed by atoms with van der Waals surface area (Å²) in [6.07, 6.45) is 1.13. The smallest absolute Gasteiger partial charge is 0.311 e. The van der Waals surface area contributed by atoms with Crippen molar-refractivity contribution in [3.05, 3.63) is 48.2 Å². The normalized spacial score (nSPS) is 10.1. The van der Waals surface area contributed by atoms with Crippen LogP contribution in [0.3, 0.4) is 0 Å². The van der Waals surface area contributed by atoms with Gasteiger partial charge in [-0.3, -0.25) is 9.59 Å². The van der Waals surface area contributed by atoms with E-state index in [-0.39, 0.29) is 0 Å². The molecule has 0 unspecified atom stereocenters. The molecule has 102 valence electrons.